The molecule has 0 aromatic heterocycles. The third-order valence-corrected chi connectivity index (χ3v) is 8.49. The van der Waals surface area contributed by atoms with E-state index in [9.17, 15) is 19.8 Å². The highest BCUT2D eigenvalue weighted by atomic mass is 79.9. The number of aliphatic hydroxyl groups is 1. The first kappa shape index (κ1) is 30.6. The molecule has 1 unspecified atom stereocenters. The molecule has 0 radical (unpaired) electrons. The van der Waals surface area contributed by atoms with Gasteiger partial charge in [-0.1, -0.05) is 24.3 Å². The summed E-state index contributed by atoms with van der Waals surface area (Å²) in [7, 11) is 1.42. The Morgan fingerprint density at radius 2 is 1.77 bits per heavy atom. The van der Waals surface area contributed by atoms with Crippen molar-refractivity contribution in [2.24, 2.45) is 0 Å². The molecular formula is C33H35BrN2O7. The fourth-order valence-electron chi connectivity index (χ4n) is 5.45. The molecule has 2 aliphatic heterocycles. The Labute approximate surface area is 259 Å². The van der Waals surface area contributed by atoms with E-state index in [1.807, 2.05) is 31.2 Å². The number of nitrogens with zero attached hydrogens (tertiary/aromatic N) is 2. The number of hydrogen-bond donors (Lipinski definition) is 2. The van der Waals surface area contributed by atoms with Crippen LogP contribution in [0.25, 0.3) is 5.76 Å². The number of likely N-dealkylation sites (tertiary alicyclic amines) is 1. The van der Waals surface area contributed by atoms with E-state index in [-0.39, 0.29) is 22.8 Å². The third-order valence-electron chi connectivity index (χ3n) is 7.89. The highest BCUT2D eigenvalue weighted by molar-refractivity contribution is 9.10. The van der Waals surface area contributed by atoms with Crippen LogP contribution < -0.4 is 9.47 Å². The van der Waals surface area contributed by atoms with Crippen molar-refractivity contribution < 1.29 is 34.0 Å². The van der Waals surface area contributed by atoms with E-state index in [1.165, 1.54) is 12.0 Å². The summed E-state index contributed by atoms with van der Waals surface area (Å²) >= 11 is 3.36. The minimum atomic E-state index is -0.882. The minimum absolute atomic E-state index is 0.0235. The van der Waals surface area contributed by atoms with Crippen LogP contribution >= 0.6 is 15.9 Å². The summed E-state index contributed by atoms with van der Waals surface area (Å²) in [4.78, 5) is 30.7. The number of hydrogen-bond acceptors (Lipinski definition) is 8. The Kier molecular flexibility index (Phi) is 9.69. The van der Waals surface area contributed by atoms with Crippen molar-refractivity contribution in [3.63, 3.8) is 0 Å². The molecule has 2 fully saturated rings. The summed E-state index contributed by atoms with van der Waals surface area (Å²) in [6, 6.07) is 17.1. The number of Topliss-reactive ketones (excluding diaryl/α,β-unsaturated/α-hetero) is 1. The number of phenolic OH excluding ortho intramolecular Hbond substituents is 1. The van der Waals surface area contributed by atoms with Gasteiger partial charge in [-0.05, 0) is 82.4 Å². The highest BCUT2D eigenvalue weighted by Crippen LogP contribution is 2.44. The maximum absolute atomic E-state index is 13.5. The molecule has 1 atom stereocenters. The van der Waals surface area contributed by atoms with Gasteiger partial charge in [-0.2, -0.15) is 0 Å². The van der Waals surface area contributed by atoms with Crippen LogP contribution in [0.4, 0.5) is 0 Å². The van der Waals surface area contributed by atoms with Gasteiger partial charge >= 0.3 is 0 Å². The van der Waals surface area contributed by atoms with Crippen LogP contribution in [-0.4, -0.2) is 78.2 Å². The second kappa shape index (κ2) is 13.6. The SMILES string of the molecule is COc1cc(C2C(=C(O)c3ccc(OCc4ccccc4C)cc3)C(=O)C(=O)N2CCCN2CCOCC2)cc(Br)c1O. The second-order valence-electron chi connectivity index (χ2n) is 10.6. The molecule has 0 saturated carbocycles. The zero-order valence-corrected chi connectivity index (χ0v) is 25.8. The molecule has 2 aliphatic rings. The zero-order chi connectivity index (χ0) is 30.5. The first-order valence-corrected chi connectivity index (χ1v) is 15.0. The average Bonchev–Trinajstić information content (AvgIpc) is 3.27. The van der Waals surface area contributed by atoms with Gasteiger partial charge in [-0.15, -0.1) is 0 Å². The van der Waals surface area contributed by atoms with Gasteiger partial charge in [0.05, 0.1) is 36.4 Å². The van der Waals surface area contributed by atoms with Crippen LogP contribution in [0, 0.1) is 6.92 Å². The first-order chi connectivity index (χ1) is 20.8. The lowest BCUT2D eigenvalue weighted by atomic mass is 9.95. The molecule has 0 bridgehead atoms. The molecule has 3 aromatic rings. The molecule has 10 heteroatoms. The van der Waals surface area contributed by atoms with Crippen molar-refractivity contribution in [1.29, 1.82) is 0 Å². The molecule has 226 valence electrons. The molecular weight excluding hydrogens is 616 g/mol. The predicted molar refractivity (Wildman–Crippen MR) is 165 cm³/mol. The van der Waals surface area contributed by atoms with E-state index >= 15 is 0 Å². The Balaban J connectivity index is 1.45. The maximum Gasteiger partial charge on any atom is 0.295 e. The van der Waals surface area contributed by atoms with E-state index in [2.05, 4.69) is 20.8 Å². The van der Waals surface area contributed by atoms with E-state index in [0.717, 1.165) is 30.8 Å². The van der Waals surface area contributed by atoms with Gasteiger partial charge in [0.25, 0.3) is 11.7 Å². The highest BCUT2D eigenvalue weighted by Gasteiger charge is 2.46. The third kappa shape index (κ3) is 6.71. The van der Waals surface area contributed by atoms with Crippen molar-refractivity contribution in [2.75, 3.05) is 46.5 Å². The number of phenols is 1. The second-order valence-corrected chi connectivity index (χ2v) is 11.4. The normalized spacial score (nSPS) is 18.7. The lowest BCUT2D eigenvalue weighted by molar-refractivity contribution is -0.140. The molecule has 0 aliphatic carbocycles. The van der Waals surface area contributed by atoms with Gasteiger partial charge in [-0.3, -0.25) is 14.5 Å². The molecule has 0 spiro atoms. The number of morpholine rings is 1. The number of aromatic hydroxyl groups is 1. The topological polar surface area (TPSA) is 109 Å². The van der Waals surface area contributed by atoms with Crippen molar-refractivity contribution in [3.05, 3.63) is 93.0 Å². The quantitative estimate of drug-likeness (QED) is 0.175. The molecule has 2 heterocycles. The number of halogens is 1. The number of amides is 1. The molecule has 9 nitrogen and oxygen atoms in total. The monoisotopic (exact) mass is 650 g/mol. The summed E-state index contributed by atoms with van der Waals surface area (Å²) in [6.45, 7) is 6.43. The number of carbonyl (C=O) groups excluding carboxylic acids is 2. The van der Waals surface area contributed by atoms with Crippen molar-refractivity contribution >= 4 is 33.4 Å². The largest absolute Gasteiger partial charge is 0.507 e. The summed E-state index contributed by atoms with van der Waals surface area (Å²) in [6.07, 6.45) is 0.632. The van der Waals surface area contributed by atoms with Gasteiger partial charge in [0.15, 0.2) is 11.5 Å². The number of aryl methyl sites for hydroxylation is 1. The lowest BCUT2D eigenvalue weighted by Gasteiger charge is -2.29. The summed E-state index contributed by atoms with van der Waals surface area (Å²) in [5.41, 5.74) is 3.07. The summed E-state index contributed by atoms with van der Waals surface area (Å²) in [5.74, 6) is -1.05. The Morgan fingerprint density at radius 3 is 2.47 bits per heavy atom. The number of carbonyl (C=O) groups is 2. The summed E-state index contributed by atoms with van der Waals surface area (Å²) in [5, 5.41) is 21.9. The van der Waals surface area contributed by atoms with Crippen LogP contribution in [0.3, 0.4) is 0 Å². The van der Waals surface area contributed by atoms with Crippen LogP contribution in [-0.2, 0) is 20.9 Å². The van der Waals surface area contributed by atoms with Crippen LogP contribution in [0.15, 0.2) is 70.7 Å². The standard InChI is InChI=1S/C33H35BrN2O7/c1-21-6-3-4-7-23(21)20-43-25-10-8-22(9-11-25)30(37)28-29(24-18-26(34)31(38)27(19-24)41-2)36(33(40)32(28)39)13-5-12-35-14-16-42-17-15-35/h3-4,6-11,18-19,29,37-38H,5,12-17,20H2,1-2H3. The van der Waals surface area contributed by atoms with Gasteiger partial charge in [0.1, 0.15) is 18.1 Å². The number of ether oxygens (including phenoxy) is 3. The van der Waals surface area contributed by atoms with Gasteiger partial charge < -0.3 is 29.3 Å². The van der Waals surface area contributed by atoms with Crippen molar-refractivity contribution in [2.45, 2.75) is 26.0 Å². The zero-order valence-electron chi connectivity index (χ0n) is 24.2. The number of ketones is 1. The maximum atomic E-state index is 13.5. The van der Waals surface area contributed by atoms with Gasteiger partial charge in [0, 0.05) is 31.7 Å². The number of methoxy groups -OCH3 is 1. The first-order valence-electron chi connectivity index (χ1n) is 14.2. The Morgan fingerprint density at radius 1 is 1.05 bits per heavy atom. The van der Waals surface area contributed by atoms with E-state index in [4.69, 9.17) is 14.2 Å². The van der Waals surface area contributed by atoms with Crippen LogP contribution in [0.1, 0.15) is 34.7 Å². The number of aliphatic hydroxyl groups excluding tert-OH is 1. The molecule has 43 heavy (non-hydrogen) atoms. The van der Waals surface area contributed by atoms with Crippen LogP contribution in [0.2, 0.25) is 0 Å². The van der Waals surface area contributed by atoms with Gasteiger partial charge in [-0.25, -0.2) is 0 Å². The van der Waals surface area contributed by atoms with Crippen molar-refractivity contribution in [3.8, 4) is 17.2 Å². The Bertz CT molecular complexity index is 1520. The number of benzene rings is 3. The number of rotatable bonds is 10. The molecule has 1 amide bonds. The predicted octanol–water partition coefficient (Wildman–Crippen LogP) is 5.19. The lowest BCUT2D eigenvalue weighted by Crippen LogP contribution is -2.39. The fraction of sp³-hybridized carbons (Fsp3) is 0.333. The van der Waals surface area contributed by atoms with E-state index in [0.29, 0.717) is 54.1 Å². The van der Waals surface area contributed by atoms with Crippen molar-refractivity contribution in [1.82, 2.24) is 9.80 Å². The molecule has 2 N–H and O–H groups in total. The summed E-state index contributed by atoms with van der Waals surface area (Å²) < 4.78 is 17.1. The van der Waals surface area contributed by atoms with E-state index in [1.54, 1.807) is 36.4 Å². The average molecular weight is 652 g/mol. The smallest absolute Gasteiger partial charge is 0.295 e. The van der Waals surface area contributed by atoms with E-state index < -0.39 is 17.7 Å². The molecule has 5 rings (SSSR count). The van der Waals surface area contributed by atoms with Crippen LogP contribution in [0.5, 0.6) is 17.2 Å². The minimum Gasteiger partial charge on any atom is -0.507 e. The molecule has 2 saturated heterocycles. The molecule has 3 aromatic carbocycles. The fourth-order valence-corrected chi connectivity index (χ4v) is 5.91. The van der Waals surface area contributed by atoms with Gasteiger partial charge in [0.2, 0.25) is 0 Å². The Hall–Kier alpha value is -3.86.